The number of carbonyl (C=O) groups is 2. The van der Waals surface area contributed by atoms with Gasteiger partial charge in [0.15, 0.2) is 0 Å². The molecule has 0 aliphatic rings. The summed E-state index contributed by atoms with van der Waals surface area (Å²) in [4.78, 5) is 29.0. The average Bonchev–Trinajstić information content (AvgIpc) is 2.50. The zero-order valence-electron chi connectivity index (χ0n) is 10.9. The fourth-order valence-electron chi connectivity index (χ4n) is 1.67. The van der Waals surface area contributed by atoms with E-state index in [9.17, 15) is 9.59 Å². The van der Waals surface area contributed by atoms with Gasteiger partial charge in [0, 0.05) is 5.69 Å². The van der Waals surface area contributed by atoms with Crippen molar-refractivity contribution >= 4 is 23.2 Å². The molecule has 0 radical (unpaired) electrons. The highest BCUT2D eigenvalue weighted by atomic mass is 16.7. The summed E-state index contributed by atoms with van der Waals surface area (Å²) in [5.41, 5.74) is 1.04. The van der Waals surface area contributed by atoms with E-state index in [-0.39, 0.29) is 0 Å². The summed E-state index contributed by atoms with van der Waals surface area (Å²) in [6, 6.07) is 17.4. The Hall–Kier alpha value is -2.66. The smallest absolute Gasteiger partial charge is 0.318 e. The molecule has 0 fully saturated rings. The molecule has 2 amide bonds. The van der Waals surface area contributed by atoms with Crippen LogP contribution in [0.25, 0.3) is 0 Å². The predicted molar refractivity (Wildman–Crippen MR) is 76.0 cm³/mol. The van der Waals surface area contributed by atoms with Crippen LogP contribution in [0.2, 0.25) is 0 Å². The standard InChI is InChI=1S/C15H14N2O3/c1-20-17(13-10-6-3-7-11-13)15(19)14(18)16-12-8-4-2-5-9-12/h2-11H,1H3,(H,16,18). The lowest BCUT2D eigenvalue weighted by atomic mass is 10.3. The van der Waals surface area contributed by atoms with Crippen LogP contribution in [0.3, 0.4) is 0 Å². The third kappa shape index (κ3) is 3.21. The van der Waals surface area contributed by atoms with Gasteiger partial charge in [0.1, 0.15) is 0 Å². The Bertz CT molecular complexity index is 585. The second-order valence-electron chi connectivity index (χ2n) is 3.94. The molecule has 0 aromatic heterocycles. The number of hydrogen-bond acceptors (Lipinski definition) is 3. The maximum Gasteiger partial charge on any atom is 0.340 e. The van der Waals surface area contributed by atoms with Gasteiger partial charge in [0.2, 0.25) is 0 Å². The quantitative estimate of drug-likeness (QED) is 0.687. The largest absolute Gasteiger partial charge is 0.340 e. The van der Waals surface area contributed by atoms with E-state index in [0.717, 1.165) is 5.06 Å². The second kappa shape index (κ2) is 6.49. The molecule has 102 valence electrons. The van der Waals surface area contributed by atoms with Crippen molar-refractivity contribution in [2.24, 2.45) is 0 Å². The first-order chi connectivity index (χ1) is 9.72. The molecule has 0 heterocycles. The number of amides is 2. The fraction of sp³-hybridized carbons (Fsp3) is 0.0667. The van der Waals surface area contributed by atoms with Gasteiger partial charge in [-0.1, -0.05) is 36.4 Å². The van der Waals surface area contributed by atoms with Gasteiger partial charge in [0.05, 0.1) is 12.8 Å². The number of nitrogens with zero attached hydrogens (tertiary/aromatic N) is 1. The maximum absolute atomic E-state index is 12.1. The maximum atomic E-state index is 12.1. The summed E-state index contributed by atoms with van der Waals surface area (Å²) in [7, 11) is 1.33. The van der Waals surface area contributed by atoms with Gasteiger partial charge in [-0.25, -0.2) is 0 Å². The molecule has 2 aromatic carbocycles. The summed E-state index contributed by atoms with van der Waals surface area (Å²) in [6.45, 7) is 0. The zero-order valence-corrected chi connectivity index (χ0v) is 10.9. The third-order valence-electron chi connectivity index (χ3n) is 2.58. The number of nitrogens with one attached hydrogen (secondary N) is 1. The SMILES string of the molecule is CON(C(=O)C(=O)Nc1ccccc1)c1ccccc1. The molecule has 2 rings (SSSR count). The first kappa shape index (κ1) is 13.8. The minimum absolute atomic E-state index is 0.489. The van der Waals surface area contributed by atoms with Crippen molar-refractivity contribution in [1.29, 1.82) is 0 Å². The van der Waals surface area contributed by atoms with Crippen LogP contribution in [0.15, 0.2) is 60.7 Å². The van der Waals surface area contributed by atoms with Gasteiger partial charge in [0.25, 0.3) is 0 Å². The lowest BCUT2D eigenvalue weighted by Gasteiger charge is -2.18. The van der Waals surface area contributed by atoms with E-state index in [4.69, 9.17) is 4.84 Å². The summed E-state index contributed by atoms with van der Waals surface area (Å²) in [5.74, 6) is -1.55. The van der Waals surface area contributed by atoms with Gasteiger partial charge in [-0.05, 0) is 24.3 Å². The number of hydroxylamine groups is 1. The third-order valence-corrected chi connectivity index (χ3v) is 2.58. The fourth-order valence-corrected chi connectivity index (χ4v) is 1.67. The highest BCUT2D eigenvalue weighted by Crippen LogP contribution is 2.14. The molecule has 0 bridgehead atoms. The first-order valence-corrected chi connectivity index (χ1v) is 6.02. The Morgan fingerprint density at radius 3 is 2.05 bits per heavy atom. The van der Waals surface area contributed by atoms with Crippen LogP contribution in [-0.4, -0.2) is 18.9 Å². The van der Waals surface area contributed by atoms with Gasteiger partial charge in [-0.3, -0.25) is 14.4 Å². The van der Waals surface area contributed by atoms with Crippen molar-refractivity contribution in [3.8, 4) is 0 Å². The van der Waals surface area contributed by atoms with Gasteiger partial charge in [-0.2, -0.15) is 5.06 Å². The average molecular weight is 270 g/mol. The molecule has 2 aromatic rings. The molecule has 0 saturated carbocycles. The topological polar surface area (TPSA) is 58.6 Å². The van der Waals surface area contributed by atoms with Gasteiger partial charge >= 0.3 is 11.8 Å². The molecule has 5 heteroatoms. The van der Waals surface area contributed by atoms with Crippen molar-refractivity contribution < 1.29 is 14.4 Å². The molecule has 1 N–H and O–H groups in total. The number of benzene rings is 2. The zero-order chi connectivity index (χ0) is 14.4. The van der Waals surface area contributed by atoms with E-state index in [2.05, 4.69) is 5.32 Å². The highest BCUT2D eigenvalue weighted by molar-refractivity contribution is 6.43. The van der Waals surface area contributed by atoms with E-state index in [1.165, 1.54) is 7.11 Å². The second-order valence-corrected chi connectivity index (χ2v) is 3.94. The Morgan fingerprint density at radius 1 is 0.950 bits per heavy atom. The van der Waals surface area contributed by atoms with E-state index in [1.807, 2.05) is 12.1 Å². The van der Waals surface area contributed by atoms with Crippen molar-refractivity contribution in [2.45, 2.75) is 0 Å². The van der Waals surface area contributed by atoms with E-state index >= 15 is 0 Å². The van der Waals surface area contributed by atoms with Crippen LogP contribution in [0.1, 0.15) is 0 Å². The van der Waals surface area contributed by atoms with Crippen molar-refractivity contribution in [2.75, 3.05) is 17.5 Å². The molecule has 0 aliphatic heterocycles. The molecule has 0 saturated heterocycles. The minimum Gasteiger partial charge on any atom is -0.318 e. The highest BCUT2D eigenvalue weighted by Gasteiger charge is 2.23. The molecule has 5 nitrogen and oxygen atoms in total. The van der Waals surface area contributed by atoms with Gasteiger partial charge < -0.3 is 5.32 Å². The minimum atomic E-state index is -0.789. The van der Waals surface area contributed by atoms with Crippen molar-refractivity contribution in [1.82, 2.24) is 0 Å². The number of hydrogen-bond donors (Lipinski definition) is 1. The number of carbonyl (C=O) groups excluding carboxylic acids is 2. The molecule has 0 aliphatic carbocycles. The summed E-state index contributed by atoms with van der Waals surface area (Å²) in [5, 5.41) is 3.46. The van der Waals surface area contributed by atoms with Crippen LogP contribution in [0.5, 0.6) is 0 Å². The number of anilines is 2. The van der Waals surface area contributed by atoms with E-state index in [0.29, 0.717) is 11.4 Å². The summed E-state index contributed by atoms with van der Waals surface area (Å²) in [6.07, 6.45) is 0. The molecule has 0 spiro atoms. The normalized spacial score (nSPS) is 9.85. The Labute approximate surface area is 116 Å². The van der Waals surface area contributed by atoms with Gasteiger partial charge in [-0.15, -0.1) is 0 Å². The summed E-state index contributed by atoms with van der Waals surface area (Å²) >= 11 is 0. The number of para-hydroxylation sites is 2. The predicted octanol–water partition coefficient (Wildman–Crippen LogP) is 2.22. The van der Waals surface area contributed by atoms with Crippen LogP contribution >= 0.6 is 0 Å². The van der Waals surface area contributed by atoms with Crippen LogP contribution in [-0.2, 0) is 14.4 Å². The van der Waals surface area contributed by atoms with E-state index < -0.39 is 11.8 Å². The lowest BCUT2D eigenvalue weighted by Crippen LogP contribution is -2.39. The lowest BCUT2D eigenvalue weighted by molar-refractivity contribution is -0.138. The summed E-state index contributed by atoms with van der Waals surface area (Å²) < 4.78 is 0. The van der Waals surface area contributed by atoms with Crippen molar-refractivity contribution in [3.05, 3.63) is 60.7 Å². The first-order valence-electron chi connectivity index (χ1n) is 6.02. The van der Waals surface area contributed by atoms with Crippen LogP contribution in [0, 0.1) is 0 Å². The Kier molecular flexibility index (Phi) is 4.47. The van der Waals surface area contributed by atoms with E-state index in [1.54, 1.807) is 48.5 Å². The Balaban J connectivity index is 2.11. The molecule has 20 heavy (non-hydrogen) atoms. The van der Waals surface area contributed by atoms with Crippen molar-refractivity contribution in [3.63, 3.8) is 0 Å². The molecular weight excluding hydrogens is 256 g/mol. The monoisotopic (exact) mass is 270 g/mol. The molecular formula is C15H14N2O3. The number of rotatable bonds is 3. The van der Waals surface area contributed by atoms with Crippen LogP contribution < -0.4 is 10.4 Å². The Morgan fingerprint density at radius 2 is 1.50 bits per heavy atom. The molecule has 0 atom stereocenters. The van der Waals surface area contributed by atoms with Crippen LogP contribution in [0.4, 0.5) is 11.4 Å². The molecule has 0 unspecified atom stereocenters.